The first-order valence-corrected chi connectivity index (χ1v) is 9.07. The SMILES string of the molecule is CCOC(=O)c1cn2c3c(c(F)c(F)c(N)c3c1=O)OCCC21CCCC1. The van der Waals surface area contributed by atoms with E-state index in [1.165, 1.54) is 6.20 Å². The first-order chi connectivity index (χ1) is 12.9. The number of carbonyl (C=O) groups excluding carboxylic acids is 1. The summed E-state index contributed by atoms with van der Waals surface area (Å²) in [5.41, 5.74) is 3.83. The first kappa shape index (κ1) is 17.8. The topological polar surface area (TPSA) is 83.5 Å². The Hall–Kier alpha value is -2.64. The van der Waals surface area contributed by atoms with Crippen molar-refractivity contribution in [1.82, 2.24) is 4.57 Å². The van der Waals surface area contributed by atoms with Crippen molar-refractivity contribution in [3.8, 4) is 5.75 Å². The van der Waals surface area contributed by atoms with Gasteiger partial charge >= 0.3 is 5.97 Å². The van der Waals surface area contributed by atoms with Crippen LogP contribution in [-0.2, 0) is 10.3 Å². The van der Waals surface area contributed by atoms with Crippen LogP contribution in [0.4, 0.5) is 14.5 Å². The molecule has 0 amide bonds. The molecule has 0 saturated heterocycles. The molecule has 2 aliphatic rings. The minimum absolute atomic E-state index is 0.0864. The van der Waals surface area contributed by atoms with Gasteiger partial charge in [-0.3, -0.25) is 4.79 Å². The maximum atomic E-state index is 14.6. The second-order valence-electron chi connectivity index (χ2n) is 7.09. The van der Waals surface area contributed by atoms with Gasteiger partial charge in [-0.1, -0.05) is 12.8 Å². The van der Waals surface area contributed by atoms with E-state index in [9.17, 15) is 18.4 Å². The lowest BCUT2D eigenvalue weighted by Crippen LogP contribution is -2.34. The highest BCUT2D eigenvalue weighted by molar-refractivity contribution is 6.00. The summed E-state index contributed by atoms with van der Waals surface area (Å²) >= 11 is 0. The van der Waals surface area contributed by atoms with Crippen LogP contribution in [0.5, 0.6) is 5.75 Å². The quantitative estimate of drug-likeness (QED) is 0.641. The van der Waals surface area contributed by atoms with E-state index in [0.29, 0.717) is 6.42 Å². The third kappa shape index (κ3) is 2.42. The summed E-state index contributed by atoms with van der Waals surface area (Å²) in [5.74, 6) is -3.69. The molecule has 1 aliphatic carbocycles. The molecule has 8 heteroatoms. The first-order valence-electron chi connectivity index (χ1n) is 9.07. The predicted octanol–water partition coefficient (Wildman–Crippen LogP) is 3.09. The summed E-state index contributed by atoms with van der Waals surface area (Å²) in [5, 5.41) is -0.234. The second-order valence-corrected chi connectivity index (χ2v) is 7.09. The summed E-state index contributed by atoms with van der Waals surface area (Å²) in [6, 6.07) is 0. The standard InChI is InChI=1S/C19H20F2N2O4/c1-2-26-18(25)10-9-23-15-11(16(10)24)14(22)12(20)13(21)17(15)27-8-7-19(23)5-3-4-6-19/h9H,2-8,22H2,1H3. The van der Waals surface area contributed by atoms with Gasteiger partial charge in [-0.2, -0.15) is 4.39 Å². The Balaban J connectivity index is 2.18. The number of anilines is 1. The molecule has 4 rings (SSSR count). The third-order valence-corrected chi connectivity index (χ3v) is 5.67. The minimum atomic E-state index is -1.34. The summed E-state index contributed by atoms with van der Waals surface area (Å²) in [6.45, 7) is 1.89. The highest BCUT2D eigenvalue weighted by Gasteiger charge is 2.41. The normalized spacial score (nSPS) is 17.7. The Morgan fingerprint density at radius 3 is 2.67 bits per heavy atom. The number of carbonyl (C=O) groups is 1. The molecule has 1 aromatic heterocycles. The number of ether oxygens (including phenoxy) is 2. The number of hydrogen-bond donors (Lipinski definition) is 1. The monoisotopic (exact) mass is 378 g/mol. The van der Waals surface area contributed by atoms with E-state index in [2.05, 4.69) is 0 Å². The Morgan fingerprint density at radius 2 is 2.00 bits per heavy atom. The summed E-state index contributed by atoms with van der Waals surface area (Å²) in [4.78, 5) is 25.3. The molecule has 2 aromatic rings. The van der Waals surface area contributed by atoms with Gasteiger partial charge in [-0.05, 0) is 19.8 Å². The molecule has 1 aliphatic heterocycles. The van der Waals surface area contributed by atoms with Crippen LogP contribution in [-0.4, -0.2) is 23.8 Å². The maximum Gasteiger partial charge on any atom is 0.343 e. The van der Waals surface area contributed by atoms with Crippen molar-refractivity contribution in [1.29, 1.82) is 0 Å². The van der Waals surface area contributed by atoms with Crippen LogP contribution in [0.1, 0.15) is 49.4 Å². The number of nitrogens with two attached hydrogens (primary N) is 1. The van der Waals surface area contributed by atoms with Crippen molar-refractivity contribution in [2.75, 3.05) is 18.9 Å². The van der Waals surface area contributed by atoms with E-state index in [-0.39, 0.29) is 35.4 Å². The molecule has 144 valence electrons. The van der Waals surface area contributed by atoms with Gasteiger partial charge in [0.2, 0.25) is 11.2 Å². The van der Waals surface area contributed by atoms with Crippen LogP contribution < -0.4 is 15.9 Å². The van der Waals surface area contributed by atoms with Gasteiger partial charge in [-0.15, -0.1) is 0 Å². The average Bonchev–Trinajstić information content (AvgIpc) is 3.05. The Labute approximate surface area is 153 Å². The molecule has 1 aromatic carbocycles. The molecule has 1 spiro atoms. The molecule has 0 unspecified atom stereocenters. The van der Waals surface area contributed by atoms with Crippen molar-refractivity contribution in [2.24, 2.45) is 0 Å². The number of fused-ring (bicyclic) bond motifs is 1. The summed E-state index contributed by atoms with van der Waals surface area (Å²) in [6.07, 6.45) is 5.45. The van der Waals surface area contributed by atoms with Crippen LogP contribution in [0, 0.1) is 11.6 Å². The largest absolute Gasteiger partial charge is 0.488 e. The van der Waals surface area contributed by atoms with E-state index in [4.69, 9.17) is 15.2 Å². The van der Waals surface area contributed by atoms with E-state index >= 15 is 0 Å². The molecule has 1 saturated carbocycles. The fraction of sp³-hybridized carbons (Fsp3) is 0.474. The van der Waals surface area contributed by atoms with Crippen LogP contribution >= 0.6 is 0 Å². The maximum absolute atomic E-state index is 14.6. The van der Waals surface area contributed by atoms with Gasteiger partial charge in [0.15, 0.2) is 11.6 Å². The second kappa shape index (κ2) is 6.21. The van der Waals surface area contributed by atoms with Crippen molar-refractivity contribution < 1.29 is 23.0 Å². The van der Waals surface area contributed by atoms with Gasteiger partial charge in [-0.25, -0.2) is 9.18 Å². The number of halogens is 2. The van der Waals surface area contributed by atoms with Crippen molar-refractivity contribution in [3.05, 3.63) is 33.6 Å². The molecule has 0 atom stereocenters. The number of nitrogens with zero attached hydrogens (tertiary/aromatic N) is 1. The Bertz CT molecular complexity index is 1010. The van der Waals surface area contributed by atoms with Gasteiger partial charge < -0.3 is 19.8 Å². The lowest BCUT2D eigenvalue weighted by Gasteiger charge is -2.32. The fourth-order valence-electron chi connectivity index (χ4n) is 4.37. The van der Waals surface area contributed by atoms with Gasteiger partial charge in [0.25, 0.3) is 0 Å². The fourth-order valence-corrected chi connectivity index (χ4v) is 4.37. The number of benzene rings is 1. The third-order valence-electron chi connectivity index (χ3n) is 5.67. The van der Waals surface area contributed by atoms with Gasteiger partial charge in [0.1, 0.15) is 11.1 Å². The molecule has 2 heterocycles. The van der Waals surface area contributed by atoms with Crippen LogP contribution in [0.3, 0.4) is 0 Å². The Kier molecular flexibility index (Phi) is 4.09. The molecule has 1 fully saturated rings. The Morgan fingerprint density at radius 1 is 1.30 bits per heavy atom. The van der Waals surface area contributed by atoms with E-state index in [1.54, 1.807) is 11.5 Å². The number of nitrogen functional groups attached to an aromatic ring is 1. The number of rotatable bonds is 2. The number of esters is 1. The molecule has 27 heavy (non-hydrogen) atoms. The molecular formula is C19H20F2N2O4. The molecule has 0 radical (unpaired) electrons. The highest BCUT2D eigenvalue weighted by atomic mass is 19.2. The average molecular weight is 378 g/mol. The van der Waals surface area contributed by atoms with Gasteiger partial charge in [0, 0.05) is 18.2 Å². The van der Waals surface area contributed by atoms with E-state index < -0.39 is 34.3 Å². The zero-order valence-corrected chi connectivity index (χ0v) is 14.9. The molecule has 2 N–H and O–H groups in total. The van der Waals surface area contributed by atoms with E-state index in [1.807, 2.05) is 0 Å². The highest BCUT2D eigenvalue weighted by Crippen LogP contribution is 2.46. The minimum Gasteiger partial charge on any atom is -0.488 e. The lowest BCUT2D eigenvalue weighted by atomic mass is 9.92. The zero-order valence-electron chi connectivity index (χ0n) is 14.9. The number of pyridine rings is 1. The number of hydrogen-bond acceptors (Lipinski definition) is 5. The summed E-state index contributed by atoms with van der Waals surface area (Å²) < 4.78 is 41.2. The van der Waals surface area contributed by atoms with E-state index in [0.717, 1.165) is 25.7 Å². The van der Waals surface area contributed by atoms with Crippen molar-refractivity contribution in [2.45, 2.75) is 44.6 Å². The molecule has 0 bridgehead atoms. The van der Waals surface area contributed by atoms with Crippen molar-refractivity contribution in [3.63, 3.8) is 0 Å². The zero-order chi connectivity index (χ0) is 19.3. The summed E-state index contributed by atoms with van der Waals surface area (Å²) in [7, 11) is 0. The number of aromatic nitrogens is 1. The van der Waals surface area contributed by atoms with Crippen LogP contribution in [0.25, 0.3) is 10.9 Å². The molecule has 6 nitrogen and oxygen atoms in total. The van der Waals surface area contributed by atoms with Gasteiger partial charge in [0.05, 0.1) is 24.3 Å². The smallest absolute Gasteiger partial charge is 0.343 e. The predicted molar refractivity (Wildman–Crippen MR) is 95.0 cm³/mol. The lowest BCUT2D eigenvalue weighted by molar-refractivity contribution is 0.0523. The van der Waals surface area contributed by atoms with Crippen molar-refractivity contribution >= 4 is 22.6 Å². The van der Waals surface area contributed by atoms with Crippen LogP contribution in [0.2, 0.25) is 0 Å². The van der Waals surface area contributed by atoms with Crippen LogP contribution in [0.15, 0.2) is 11.0 Å². The molecular weight excluding hydrogens is 358 g/mol.